The van der Waals surface area contributed by atoms with Gasteiger partial charge in [0.25, 0.3) is 0 Å². The predicted octanol–water partition coefficient (Wildman–Crippen LogP) is 3.77. The van der Waals surface area contributed by atoms with E-state index in [2.05, 4.69) is 25.2 Å². The van der Waals surface area contributed by atoms with Crippen molar-refractivity contribution in [2.24, 2.45) is 0 Å². The van der Waals surface area contributed by atoms with Crippen LogP contribution in [0, 0.1) is 6.92 Å². The molecule has 2 aromatic rings. The van der Waals surface area contributed by atoms with Crippen LogP contribution in [-0.4, -0.2) is 7.11 Å². The molecule has 0 bridgehead atoms. The van der Waals surface area contributed by atoms with Gasteiger partial charge in [0.15, 0.2) is 0 Å². The van der Waals surface area contributed by atoms with E-state index < -0.39 is 0 Å². The number of aryl methyl sites for hydroxylation is 1. The maximum atomic E-state index is 5.37. The molecule has 2 rings (SSSR count). The van der Waals surface area contributed by atoms with Crippen molar-refractivity contribution in [2.75, 3.05) is 12.4 Å². The van der Waals surface area contributed by atoms with Crippen LogP contribution in [0.2, 0.25) is 0 Å². The lowest BCUT2D eigenvalue weighted by Crippen LogP contribution is -2.06. The van der Waals surface area contributed by atoms with Gasteiger partial charge >= 0.3 is 0 Å². The van der Waals surface area contributed by atoms with Crippen molar-refractivity contribution in [3.8, 4) is 5.75 Å². The predicted molar refractivity (Wildman–Crippen MR) is 68.5 cm³/mol. The van der Waals surface area contributed by atoms with Gasteiger partial charge in [-0.15, -0.1) is 0 Å². The highest BCUT2D eigenvalue weighted by atomic mass is 16.5. The number of methoxy groups -OCH3 is 1. The third kappa shape index (κ3) is 2.61. The lowest BCUT2D eigenvalue weighted by molar-refractivity contribution is 0.415. The van der Waals surface area contributed by atoms with Crippen LogP contribution in [0.4, 0.5) is 5.69 Å². The summed E-state index contributed by atoms with van der Waals surface area (Å²) in [7, 11) is 1.67. The van der Waals surface area contributed by atoms with Crippen LogP contribution in [0.3, 0.4) is 0 Å². The van der Waals surface area contributed by atoms with Gasteiger partial charge in [0.2, 0.25) is 0 Å². The average molecular weight is 231 g/mol. The second-order valence-electron chi connectivity index (χ2n) is 4.09. The minimum absolute atomic E-state index is 0.112. The van der Waals surface area contributed by atoms with Crippen LogP contribution in [-0.2, 0) is 0 Å². The highest BCUT2D eigenvalue weighted by Gasteiger charge is 2.10. The lowest BCUT2D eigenvalue weighted by atomic mass is 10.1. The Kier molecular flexibility index (Phi) is 3.38. The summed E-state index contributed by atoms with van der Waals surface area (Å²) >= 11 is 0. The lowest BCUT2D eigenvalue weighted by Gasteiger charge is -2.16. The summed E-state index contributed by atoms with van der Waals surface area (Å²) in [4.78, 5) is 0. The molecule has 1 heterocycles. The van der Waals surface area contributed by atoms with Gasteiger partial charge in [0, 0.05) is 0 Å². The molecule has 3 heteroatoms. The maximum Gasteiger partial charge on any atom is 0.141 e. The van der Waals surface area contributed by atoms with Gasteiger partial charge in [-0.05, 0) is 43.7 Å². The standard InChI is InChI=1S/C14H17NO2/c1-10-6-7-14(16-3)12(9-10)15-11(2)13-5-4-8-17-13/h4-9,11,15H,1-3H3. The van der Waals surface area contributed by atoms with Crippen molar-refractivity contribution in [1.29, 1.82) is 0 Å². The summed E-state index contributed by atoms with van der Waals surface area (Å²) in [5.41, 5.74) is 2.18. The molecule has 0 fully saturated rings. The molecule has 1 N–H and O–H groups in total. The van der Waals surface area contributed by atoms with E-state index in [0.717, 1.165) is 17.2 Å². The van der Waals surface area contributed by atoms with Gasteiger partial charge in [-0.25, -0.2) is 0 Å². The van der Waals surface area contributed by atoms with Crippen molar-refractivity contribution in [2.45, 2.75) is 19.9 Å². The zero-order chi connectivity index (χ0) is 12.3. The molecular weight excluding hydrogens is 214 g/mol. The topological polar surface area (TPSA) is 34.4 Å². The molecule has 0 aliphatic rings. The number of furan rings is 1. The van der Waals surface area contributed by atoms with Gasteiger partial charge in [0.05, 0.1) is 25.1 Å². The fraction of sp³-hybridized carbons (Fsp3) is 0.286. The van der Waals surface area contributed by atoms with Crippen LogP contribution < -0.4 is 10.1 Å². The highest BCUT2D eigenvalue weighted by Crippen LogP contribution is 2.29. The van der Waals surface area contributed by atoms with Crippen molar-refractivity contribution in [1.82, 2.24) is 0 Å². The van der Waals surface area contributed by atoms with E-state index in [1.54, 1.807) is 13.4 Å². The SMILES string of the molecule is COc1ccc(C)cc1NC(C)c1ccco1. The van der Waals surface area contributed by atoms with Crippen LogP contribution in [0.5, 0.6) is 5.75 Å². The molecule has 0 amide bonds. The largest absolute Gasteiger partial charge is 0.495 e. The Morgan fingerprint density at radius 2 is 2.12 bits per heavy atom. The second kappa shape index (κ2) is 4.95. The highest BCUT2D eigenvalue weighted by molar-refractivity contribution is 5.58. The molecule has 17 heavy (non-hydrogen) atoms. The molecule has 0 saturated carbocycles. The Morgan fingerprint density at radius 3 is 2.76 bits per heavy atom. The Bertz CT molecular complexity index is 477. The molecule has 1 atom stereocenters. The van der Waals surface area contributed by atoms with E-state index in [9.17, 15) is 0 Å². The monoisotopic (exact) mass is 231 g/mol. The molecule has 3 nitrogen and oxygen atoms in total. The molecule has 1 aromatic carbocycles. The summed E-state index contributed by atoms with van der Waals surface area (Å²) in [6.45, 7) is 4.11. The molecule has 0 aliphatic carbocycles. The minimum Gasteiger partial charge on any atom is -0.495 e. The molecular formula is C14H17NO2. The third-order valence-corrected chi connectivity index (χ3v) is 2.70. The van der Waals surface area contributed by atoms with Gasteiger partial charge < -0.3 is 14.5 Å². The van der Waals surface area contributed by atoms with Gasteiger partial charge in [-0.2, -0.15) is 0 Å². The van der Waals surface area contributed by atoms with E-state index in [-0.39, 0.29) is 6.04 Å². The van der Waals surface area contributed by atoms with E-state index >= 15 is 0 Å². The zero-order valence-corrected chi connectivity index (χ0v) is 10.4. The first-order chi connectivity index (χ1) is 8.20. The molecule has 0 aliphatic heterocycles. The number of anilines is 1. The number of rotatable bonds is 4. The van der Waals surface area contributed by atoms with Crippen LogP contribution in [0.1, 0.15) is 24.3 Å². The van der Waals surface area contributed by atoms with Crippen molar-refractivity contribution >= 4 is 5.69 Å². The van der Waals surface area contributed by atoms with Crippen LogP contribution >= 0.6 is 0 Å². The Hall–Kier alpha value is -1.90. The van der Waals surface area contributed by atoms with E-state index in [1.807, 2.05) is 24.3 Å². The number of hydrogen-bond acceptors (Lipinski definition) is 3. The van der Waals surface area contributed by atoms with E-state index in [0.29, 0.717) is 0 Å². The van der Waals surface area contributed by atoms with Crippen molar-refractivity contribution < 1.29 is 9.15 Å². The first kappa shape index (κ1) is 11.6. The molecule has 90 valence electrons. The molecule has 1 aromatic heterocycles. The first-order valence-electron chi connectivity index (χ1n) is 5.65. The first-order valence-corrected chi connectivity index (χ1v) is 5.65. The smallest absolute Gasteiger partial charge is 0.141 e. The summed E-state index contributed by atoms with van der Waals surface area (Å²) in [5.74, 6) is 1.75. The average Bonchev–Trinajstić information content (AvgIpc) is 2.83. The van der Waals surface area contributed by atoms with Gasteiger partial charge in [-0.1, -0.05) is 6.07 Å². The molecule has 0 radical (unpaired) electrons. The minimum atomic E-state index is 0.112. The van der Waals surface area contributed by atoms with Gasteiger partial charge in [-0.3, -0.25) is 0 Å². The molecule has 1 unspecified atom stereocenters. The molecule has 0 saturated heterocycles. The van der Waals surface area contributed by atoms with Crippen molar-refractivity contribution in [3.63, 3.8) is 0 Å². The summed E-state index contributed by atoms with van der Waals surface area (Å²) in [6, 6.07) is 10.0. The van der Waals surface area contributed by atoms with E-state index in [1.165, 1.54) is 5.56 Å². The summed E-state index contributed by atoms with van der Waals surface area (Å²) < 4.78 is 10.7. The van der Waals surface area contributed by atoms with Gasteiger partial charge in [0.1, 0.15) is 11.5 Å². The second-order valence-corrected chi connectivity index (χ2v) is 4.09. The van der Waals surface area contributed by atoms with Crippen molar-refractivity contribution in [3.05, 3.63) is 47.9 Å². The van der Waals surface area contributed by atoms with E-state index in [4.69, 9.17) is 9.15 Å². The number of hydrogen-bond donors (Lipinski definition) is 1. The Balaban J connectivity index is 2.20. The summed E-state index contributed by atoms with van der Waals surface area (Å²) in [6.07, 6.45) is 1.68. The third-order valence-electron chi connectivity index (χ3n) is 2.70. The van der Waals surface area contributed by atoms with Crippen LogP contribution in [0.15, 0.2) is 41.0 Å². The number of nitrogens with one attached hydrogen (secondary N) is 1. The quantitative estimate of drug-likeness (QED) is 0.869. The Labute approximate surface area is 101 Å². The fourth-order valence-corrected chi connectivity index (χ4v) is 1.78. The maximum absolute atomic E-state index is 5.37. The normalized spacial score (nSPS) is 12.2. The Morgan fingerprint density at radius 1 is 1.29 bits per heavy atom. The summed E-state index contributed by atoms with van der Waals surface area (Å²) in [5, 5.41) is 3.39. The number of ether oxygens (including phenoxy) is 1. The fourth-order valence-electron chi connectivity index (χ4n) is 1.78. The van der Waals surface area contributed by atoms with Crippen LogP contribution in [0.25, 0.3) is 0 Å². The zero-order valence-electron chi connectivity index (χ0n) is 10.4. The number of benzene rings is 1. The molecule has 0 spiro atoms.